The van der Waals surface area contributed by atoms with Gasteiger partial charge < -0.3 is 0 Å². The average molecular weight is 189 g/mol. The summed E-state index contributed by atoms with van der Waals surface area (Å²) < 4.78 is 34.9. The zero-order valence-corrected chi connectivity index (χ0v) is 6.32. The molecule has 0 atom stereocenters. The average Bonchev–Trinajstić information content (AvgIpc) is 2.08. The third-order valence-corrected chi connectivity index (χ3v) is 1.72. The summed E-state index contributed by atoms with van der Waals surface area (Å²) >= 11 is 0.705. The van der Waals surface area contributed by atoms with Crippen LogP contribution in [-0.4, -0.2) is 0 Å². The molecule has 0 bridgehead atoms. The smallest absolute Gasteiger partial charge is 0.165 e. The Hall–Kier alpha value is -0.220. The number of alkyl halides is 3. The van der Waals surface area contributed by atoms with Gasteiger partial charge in [0.25, 0.3) is 0 Å². The third kappa shape index (κ3) is 2.19. The van der Waals surface area contributed by atoms with E-state index < -0.39 is 11.1 Å². The summed E-state index contributed by atoms with van der Waals surface area (Å²) in [6.07, 6.45) is -4.16. The number of hydrogen-bond donors (Lipinski definition) is 0. The van der Waals surface area contributed by atoms with Gasteiger partial charge in [-0.2, -0.15) is 13.2 Å². The van der Waals surface area contributed by atoms with E-state index in [2.05, 4.69) is 0 Å². The molecule has 0 aromatic carbocycles. The standard InChI is InChI=1S/C5H3F3S.ClH/c6-5(7,8)4-2-1-3-9-4;/h1-3H;1H. The van der Waals surface area contributed by atoms with E-state index in [4.69, 9.17) is 0 Å². The van der Waals surface area contributed by atoms with Crippen molar-refractivity contribution >= 4 is 23.7 Å². The van der Waals surface area contributed by atoms with Gasteiger partial charge in [0.2, 0.25) is 0 Å². The molecule has 0 amide bonds. The Labute approximate surface area is 66.1 Å². The molecule has 1 rings (SSSR count). The normalized spacial score (nSPS) is 10.7. The van der Waals surface area contributed by atoms with Gasteiger partial charge in [0, 0.05) is 0 Å². The second-order valence-electron chi connectivity index (χ2n) is 1.48. The van der Waals surface area contributed by atoms with E-state index in [0.717, 1.165) is 6.07 Å². The molecular formula is C5H4ClF3S. The van der Waals surface area contributed by atoms with E-state index in [1.165, 1.54) is 11.4 Å². The predicted octanol–water partition coefficient (Wildman–Crippen LogP) is 3.19. The highest BCUT2D eigenvalue weighted by molar-refractivity contribution is 7.10. The summed E-state index contributed by atoms with van der Waals surface area (Å²) in [5, 5.41) is 1.41. The second kappa shape index (κ2) is 3.25. The molecule has 0 aliphatic heterocycles. The Balaban J connectivity index is 0.000000810. The van der Waals surface area contributed by atoms with Gasteiger partial charge in [-0.15, -0.1) is 23.7 Å². The summed E-state index contributed by atoms with van der Waals surface area (Å²) in [6, 6.07) is 2.44. The fraction of sp³-hybridized carbons (Fsp3) is 0.200. The quantitative estimate of drug-likeness (QED) is 0.587. The molecule has 0 saturated heterocycles. The van der Waals surface area contributed by atoms with Crippen LogP contribution in [0.2, 0.25) is 0 Å². The predicted molar refractivity (Wildman–Crippen MR) is 36.6 cm³/mol. The molecule has 0 nitrogen and oxygen atoms in total. The lowest BCUT2D eigenvalue weighted by atomic mass is 10.5. The lowest BCUT2D eigenvalue weighted by Crippen LogP contribution is -2.00. The maximum Gasteiger partial charge on any atom is 0.425 e. The Morgan fingerprint density at radius 1 is 1.30 bits per heavy atom. The maximum atomic E-state index is 11.6. The highest BCUT2D eigenvalue weighted by Gasteiger charge is 2.31. The van der Waals surface area contributed by atoms with Crippen LogP contribution in [0.5, 0.6) is 0 Å². The minimum Gasteiger partial charge on any atom is -0.165 e. The van der Waals surface area contributed by atoms with E-state index in [0.29, 0.717) is 11.3 Å². The molecule has 1 aromatic heterocycles. The molecule has 58 valence electrons. The van der Waals surface area contributed by atoms with E-state index in [1.54, 1.807) is 0 Å². The summed E-state index contributed by atoms with van der Waals surface area (Å²) in [4.78, 5) is -0.539. The lowest BCUT2D eigenvalue weighted by molar-refractivity contribution is -0.134. The van der Waals surface area contributed by atoms with Crippen molar-refractivity contribution in [2.24, 2.45) is 0 Å². The van der Waals surface area contributed by atoms with Gasteiger partial charge >= 0.3 is 6.18 Å². The molecule has 1 aromatic rings. The highest BCUT2D eigenvalue weighted by Crippen LogP contribution is 2.32. The molecular weight excluding hydrogens is 185 g/mol. The molecule has 0 aliphatic carbocycles. The second-order valence-corrected chi connectivity index (χ2v) is 2.42. The SMILES string of the molecule is Cl.FC(F)(F)c1cccs1. The van der Waals surface area contributed by atoms with Gasteiger partial charge in [-0.05, 0) is 11.4 Å². The monoisotopic (exact) mass is 188 g/mol. The number of rotatable bonds is 0. The number of halogens is 4. The Bertz CT molecular complexity index is 179. The van der Waals surface area contributed by atoms with E-state index in [9.17, 15) is 13.2 Å². The van der Waals surface area contributed by atoms with Crippen LogP contribution >= 0.6 is 23.7 Å². The van der Waals surface area contributed by atoms with Crippen LogP contribution in [0, 0.1) is 0 Å². The van der Waals surface area contributed by atoms with Crippen molar-refractivity contribution in [3.8, 4) is 0 Å². The van der Waals surface area contributed by atoms with Gasteiger partial charge in [0.15, 0.2) is 0 Å². The molecule has 0 spiro atoms. The summed E-state index contributed by atoms with van der Waals surface area (Å²) in [6.45, 7) is 0. The van der Waals surface area contributed by atoms with E-state index in [-0.39, 0.29) is 12.4 Å². The largest absolute Gasteiger partial charge is 0.425 e. The first-order valence-corrected chi connectivity index (χ1v) is 3.09. The molecule has 5 heteroatoms. The van der Waals surface area contributed by atoms with Crippen molar-refractivity contribution in [1.82, 2.24) is 0 Å². The highest BCUT2D eigenvalue weighted by atomic mass is 35.5. The number of thiophene rings is 1. The minimum atomic E-state index is -4.16. The first-order chi connectivity index (χ1) is 4.11. The van der Waals surface area contributed by atoms with Crippen molar-refractivity contribution in [1.29, 1.82) is 0 Å². The molecule has 0 aliphatic rings. The topological polar surface area (TPSA) is 0 Å². The molecule has 0 unspecified atom stereocenters. The zero-order chi connectivity index (χ0) is 6.91. The third-order valence-electron chi connectivity index (χ3n) is 0.801. The Kier molecular flexibility index (Phi) is 3.18. The van der Waals surface area contributed by atoms with Crippen molar-refractivity contribution in [2.75, 3.05) is 0 Å². The molecule has 10 heavy (non-hydrogen) atoms. The molecule has 1 heterocycles. The Morgan fingerprint density at radius 2 is 1.90 bits per heavy atom. The van der Waals surface area contributed by atoms with Gasteiger partial charge in [-0.1, -0.05) is 6.07 Å². The van der Waals surface area contributed by atoms with Crippen LogP contribution < -0.4 is 0 Å². The molecule has 0 saturated carbocycles. The first-order valence-electron chi connectivity index (χ1n) is 2.21. The van der Waals surface area contributed by atoms with E-state index >= 15 is 0 Å². The van der Waals surface area contributed by atoms with Crippen molar-refractivity contribution < 1.29 is 13.2 Å². The summed E-state index contributed by atoms with van der Waals surface area (Å²) in [7, 11) is 0. The summed E-state index contributed by atoms with van der Waals surface area (Å²) in [5.74, 6) is 0. The minimum absolute atomic E-state index is 0. The molecule has 0 N–H and O–H groups in total. The van der Waals surface area contributed by atoms with Crippen molar-refractivity contribution in [3.63, 3.8) is 0 Å². The number of hydrogen-bond acceptors (Lipinski definition) is 1. The van der Waals surface area contributed by atoms with Gasteiger partial charge in [0.1, 0.15) is 4.88 Å². The fourth-order valence-corrected chi connectivity index (χ4v) is 1.03. The van der Waals surface area contributed by atoms with Crippen LogP contribution in [0.25, 0.3) is 0 Å². The van der Waals surface area contributed by atoms with Crippen LogP contribution in [-0.2, 0) is 6.18 Å². The van der Waals surface area contributed by atoms with Crippen molar-refractivity contribution in [2.45, 2.75) is 6.18 Å². The van der Waals surface area contributed by atoms with Gasteiger partial charge in [-0.25, -0.2) is 0 Å². The van der Waals surface area contributed by atoms with Crippen LogP contribution in [0.3, 0.4) is 0 Å². The Morgan fingerprint density at radius 3 is 2.10 bits per heavy atom. The van der Waals surface area contributed by atoms with E-state index in [1.807, 2.05) is 0 Å². The van der Waals surface area contributed by atoms with Gasteiger partial charge in [0.05, 0.1) is 0 Å². The molecule has 0 fully saturated rings. The fourth-order valence-electron chi connectivity index (χ4n) is 0.440. The zero-order valence-electron chi connectivity index (χ0n) is 4.68. The van der Waals surface area contributed by atoms with Crippen molar-refractivity contribution in [3.05, 3.63) is 22.4 Å². The van der Waals surface area contributed by atoms with Crippen LogP contribution in [0.1, 0.15) is 4.88 Å². The lowest BCUT2D eigenvalue weighted by Gasteiger charge is -1.99. The first kappa shape index (κ1) is 9.78. The van der Waals surface area contributed by atoms with Crippen LogP contribution in [0.15, 0.2) is 17.5 Å². The molecule has 0 radical (unpaired) electrons. The summed E-state index contributed by atoms with van der Waals surface area (Å²) in [5.41, 5.74) is 0. The van der Waals surface area contributed by atoms with Crippen LogP contribution in [0.4, 0.5) is 13.2 Å². The maximum absolute atomic E-state index is 11.6. The van der Waals surface area contributed by atoms with Gasteiger partial charge in [-0.3, -0.25) is 0 Å².